The molecule has 1 saturated heterocycles. The van der Waals surface area contributed by atoms with Crippen molar-refractivity contribution in [3.05, 3.63) is 30.3 Å². The molecule has 2 fully saturated rings. The lowest BCUT2D eigenvalue weighted by atomic mass is 9.85. The zero-order chi connectivity index (χ0) is 19.6. The van der Waals surface area contributed by atoms with Gasteiger partial charge in [-0.15, -0.1) is 24.0 Å². The van der Waals surface area contributed by atoms with E-state index in [9.17, 15) is 4.79 Å². The van der Waals surface area contributed by atoms with Crippen molar-refractivity contribution in [3.8, 4) is 5.75 Å². The predicted octanol–water partition coefficient (Wildman–Crippen LogP) is 3.42. The van der Waals surface area contributed by atoms with Crippen LogP contribution in [-0.4, -0.2) is 55.6 Å². The zero-order valence-corrected chi connectivity index (χ0v) is 19.8. The number of halogens is 1. The molecule has 1 amide bonds. The van der Waals surface area contributed by atoms with Crippen LogP contribution in [-0.2, 0) is 4.79 Å². The molecule has 1 heterocycles. The lowest BCUT2D eigenvalue weighted by Gasteiger charge is -2.34. The number of guanidine groups is 1. The summed E-state index contributed by atoms with van der Waals surface area (Å²) in [6, 6.07) is 10.1. The summed E-state index contributed by atoms with van der Waals surface area (Å²) in [6.07, 6.45) is 6.44. The van der Waals surface area contributed by atoms with Crippen LogP contribution in [0.2, 0.25) is 0 Å². The Morgan fingerprint density at radius 2 is 1.86 bits per heavy atom. The van der Waals surface area contributed by atoms with E-state index in [1.807, 2.05) is 30.3 Å². The summed E-state index contributed by atoms with van der Waals surface area (Å²) in [7, 11) is 0. The van der Waals surface area contributed by atoms with E-state index in [4.69, 9.17) is 9.73 Å². The Hall–Kier alpha value is -1.51. The van der Waals surface area contributed by atoms with Gasteiger partial charge in [-0.2, -0.15) is 0 Å². The maximum atomic E-state index is 11.9. The average Bonchev–Trinajstić information content (AvgIpc) is 2.67. The second-order valence-corrected chi connectivity index (χ2v) is 7.63. The molecule has 0 spiro atoms. The van der Waals surface area contributed by atoms with Crippen LogP contribution in [0.3, 0.4) is 0 Å². The van der Waals surface area contributed by atoms with Gasteiger partial charge in [-0.1, -0.05) is 24.6 Å². The van der Waals surface area contributed by atoms with Crippen molar-refractivity contribution in [1.82, 2.24) is 15.5 Å². The molecule has 6 nitrogen and oxygen atoms in total. The van der Waals surface area contributed by atoms with E-state index < -0.39 is 0 Å². The molecule has 0 unspecified atom stereocenters. The minimum atomic E-state index is 0. The SMILES string of the molecule is CCNC(=NCCCNC(=O)C1CCC1)N1CCC(Oc2ccccc2)CC1.I. The number of rotatable bonds is 8. The van der Waals surface area contributed by atoms with E-state index in [2.05, 4.69) is 22.5 Å². The lowest BCUT2D eigenvalue weighted by Crippen LogP contribution is -2.47. The number of hydrogen-bond acceptors (Lipinski definition) is 3. The minimum absolute atomic E-state index is 0. The number of ether oxygens (including phenoxy) is 1. The van der Waals surface area contributed by atoms with Crippen molar-refractivity contribution >= 4 is 35.8 Å². The summed E-state index contributed by atoms with van der Waals surface area (Å²) in [5.41, 5.74) is 0. The Morgan fingerprint density at radius 1 is 1.14 bits per heavy atom. The van der Waals surface area contributed by atoms with Crippen LogP contribution in [0.25, 0.3) is 0 Å². The summed E-state index contributed by atoms with van der Waals surface area (Å²) >= 11 is 0. The van der Waals surface area contributed by atoms with Crippen LogP contribution in [0.15, 0.2) is 35.3 Å². The smallest absolute Gasteiger partial charge is 0.223 e. The highest BCUT2D eigenvalue weighted by Gasteiger charge is 2.25. The van der Waals surface area contributed by atoms with E-state index >= 15 is 0 Å². The first-order valence-electron chi connectivity index (χ1n) is 10.8. The highest BCUT2D eigenvalue weighted by Crippen LogP contribution is 2.26. The largest absolute Gasteiger partial charge is 0.490 e. The number of piperidine rings is 1. The van der Waals surface area contributed by atoms with Gasteiger partial charge in [-0.3, -0.25) is 9.79 Å². The predicted molar refractivity (Wildman–Crippen MR) is 128 cm³/mol. The van der Waals surface area contributed by atoms with Crippen LogP contribution in [0.5, 0.6) is 5.75 Å². The van der Waals surface area contributed by atoms with Crippen molar-refractivity contribution < 1.29 is 9.53 Å². The molecular formula is C22H35IN4O2. The Balaban J connectivity index is 0.00000300. The van der Waals surface area contributed by atoms with Gasteiger partial charge < -0.3 is 20.3 Å². The van der Waals surface area contributed by atoms with Crippen molar-refractivity contribution in [2.24, 2.45) is 10.9 Å². The molecule has 0 radical (unpaired) electrons. The molecule has 7 heteroatoms. The fourth-order valence-corrected chi connectivity index (χ4v) is 3.59. The van der Waals surface area contributed by atoms with Crippen LogP contribution in [0, 0.1) is 5.92 Å². The fraction of sp³-hybridized carbons (Fsp3) is 0.636. The summed E-state index contributed by atoms with van der Waals surface area (Å²) < 4.78 is 6.08. The van der Waals surface area contributed by atoms with Gasteiger partial charge in [-0.25, -0.2) is 0 Å². The first kappa shape index (κ1) is 23.8. The third-order valence-electron chi connectivity index (χ3n) is 5.49. The molecule has 1 saturated carbocycles. The first-order valence-corrected chi connectivity index (χ1v) is 10.8. The van der Waals surface area contributed by atoms with Gasteiger partial charge in [0.05, 0.1) is 0 Å². The van der Waals surface area contributed by atoms with Crippen molar-refractivity contribution in [3.63, 3.8) is 0 Å². The van der Waals surface area contributed by atoms with E-state index in [0.717, 1.165) is 70.0 Å². The van der Waals surface area contributed by atoms with E-state index in [0.29, 0.717) is 6.54 Å². The van der Waals surface area contributed by atoms with Crippen LogP contribution in [0.1, 0.15) is 45.4 Å². The molecule has 3 rings (SSSR count). The van der Waals surface area contributed by atoms with Crippen molar-refractivity contribution in [2.45, 2.75) is 51.6 Å². The van der Waals surface area contributed by atoms with E-state index in [1.54, 1.807) is 0 Å². The van der Waals surface area contributed by atoms with E-state index in [-0.39, 0.29) is 41.9 Å². The van der Waals surface area contributed by atoms with Crippen molar-refractivity contribution in [2.75, 3.05) is 32.7 Å². The lowest BCUT2D eigenvalue weighted by molar-refractivity contribution is -0.127. The summed E-state index contributed by atoms with van der Waals surface area (Å²) in [4.78, 5) is 18.9. The third kappa shape index (κ3) is 7.68. The molecule has 2 N–H and O–H groups in total. The highest BCUT2D eigenvalue weighted by molar-refractivity contribution is 14.0. The second kappa shape index (κ2) is 12.9. The molecule has 0 atom stereocenters. The van der Waals surface area contributed by atoms with E-state index in [1.165, 1.54) is 6.42 Å². The Bertz CT molecular complexity index is 629. The fourth-order valence-electron chi connectivity index (χ4n) is 3.59. The molecule has 29 heavy (non-hydrogen) atoms. The number of nitrogens with zero attached hydrogens (tertiary/aromatic N) is 2. The van der Waals surface area contributed by atoms with Crippen molar-refractivity contribution in [1.29, 1.82) is 0 Å². The number of carbonyl (C=O) groups is 1. The maximum absolute atomic E-state index is 11.9. The third-order valence-corrected chi connectivity index (χ3v) is 5.49. The number of carbonyl (C=O) groups excluding carboxylic acids is 1. The number of benzene rings is 1. The topological polar surface area (TPSA) is 66.0 Å². The standard InChI is InChI=1S/C22H34N4O2.HI/c1-2-23-22(25-15-7-14-24-21(27)18-8-6-9-18)26-16-12-20(13-17-26)28-19-10-4-3-5-11-19;/h3-5,10-11,18,20H,2,6-9,12-17H2,1H3,(H,23,25)(H,24,27);1H. The molecule has 162 valence electrons. The number of likely N-dealkylation sites (tertiary alicyclic amines) is 1. The summed E-state index contributed by atoms with van der Waals surface area (Å²) in [6.45, 7) is 6.29. The Kier molecular flexibility index (Phi) is 10.6. The normalized spacial score (nSPS) is 17.8. The Labute approximate surface area is 191 Å². The molecule has 2 aliphatic rings. The first-order chi connectivity index (χ1) is 13.8. The molecular weight excluding hydrogens is 479 g/mol. The Morgan fingerprint density at radius 3 is 2.48 bits per heavy atom. The molecule has 0 aromatic heterocycles. The van der Waals surface area contributed by atoms with Gasteiger partial charge >= 0.3 is 0 Å². The minimum Gasteiger partial charge on any atom is -0.490 e. The van der Waals surface area contributed by atoms with Gasteiger partial charge in [0, 0.05) is 51.5 Å². The van der Waals surface area contributed by atoms with Gasteiger partial charge in [0.2, 0.25) is 5.91 Å². The van der Waals surface area contributed by atoms with Gasteiger partial charge in [0.15, 0.2) is 5.96 Å². The molecule has 1 aromatic rings. The number of amides is 1. The number of hydrogen-bond donors (Lipinski definition) is 2. The maximum Gasteiger partial charge on any atom is 0.223 e. The monoisotopic (exact) mass is 514 g/mol. The molecule has 1 aliphatic carbocycles. The van der Waals surface area contributed by atoms with Crippen LogP contribution >= 0.6 is 24.0 Å². The zero-order valence-electron chi connectivity index (χ0n) is 17.4. The number of nitrogens with one attached hydrogen (secondary N) is 2. The molecule has 0 bridgehead atoms. The number of para-hydroxylation sites is 1. The summed E-state index contributed by atoms with van der Waals surface area (Å²) in [5, 5.41) is 6.44. The highest BCUT2D eigenvalue weighted by atomic mass is 127. The summed E-state index contributed by atoms with van der Waals surface area (Å²) in [5.74, 6) is 2.42. The molecule has 1 aromatic carbocycles. The van der Waals surface area contributed by atoms with Gasteiger partial charge in [0.1, 0.15) is 11.9 Å². The van der Waals surface area contributed by atoms with Gasteiger partial charge in [0.25, 0.3) is 0 Å². The quantitative estimate of drug-likeness (QED) is 0.242. The van der Waals surface area contributed by atoms with Crippen LogP contribution < -0.4 is 15.4 Å². The second-order valence-electron chi connectivity index (χ2n) is 7.63. The molecule has 1 aliphatic heterocycles. The van der Waals surface area contributed by atoms with Gasteiger partial charge in [-0.05, 0) is 38.3 Å². The van der Waals surface area contributed by atoms with Crippen LogP contribution in [0.4, 0.5) is 0 Å². The number of aliphatic imine (C=N–C) groups is 1. The average molecular weight is 514 g/mol.